The van der Waals surface area contributed by atoms with Crippen molar-refractivity contribution in [1.29, 1.82) is 0 Å². The maximum absolute atomic E-state index is 12.1. The van der Waals surface area contributed by atoms with Crippen LogP contribution < -0.4 is 4.74 Å². The van der Waals surface area contributed by atoms with Crippen molar-refractivity contribution in [2.75, 3.05) is 6.26 Å². The quantitative estimate of drug-likeness (QED) is 0.533. The molecule has 0 aromatic carbocycles. The molecule has 0 spiro atoms. The Kier molecular flexibility index (Phi) is 7.20. The summed E-state index contributed by atoms with van der Waals surface area (Å²) in [5.74, 6) is 0.468. The van der Waals surface area contributed by atoms with Gasteiger partial charge in [-0.1, -0.05) is 6.92 Å². The number of fused-ring (bicyclic) bond motifs is 2. The van der Waals surface area contributed by atoms with E-state index in [1.165, 1.54) is 11.3 Å². The minimum atomic E-state index is -3.13. The summed E-state index contributed by atoms with van der Waals surface area (Å²) in [5, 5.41) is 3.30. The highest BCUT2D eigenvalue weighted by molar-refractivity contribution is 7.88. The minimum absolute atomic E-state index is 0.0946. The first-order valence-electron chi connectivity index (χ1n) is 12.4. The van der Waals surface area contributed by atoms with E-state index < -0.39 is 10.0 Å². The van der Waals surface area contributed by atoms with E-state index in [4.69, 9.17) is 14.5 Å². The Bertz CT molecular complexity index is 1050. The van der Waals surface area contributed by atoms with Crippen molar-refractivity contribution >= 4 is 21.4 Å². The first kappa shape index (κ1) is 24.1. The van der Waals surface area contributed by atoms with Gasteiger partial charge in [0.2, 0.25) is 10.0 Å². The molecule has 8 nitrogen and oxygen atoms in total. The van der Waals surface area contributed by atoms with Gasteiger partial charge in [-0.3, -0.25) is 0 Å². The Morgan fingerprint density at radius 2 is 1.71 bits per heavy atom. The molecule has 3 aliphatic rings. The summed E-state index contributed by atoms with van der Waals surface area (Å²) in [6.07, 6.45) is 13.8. The van der Waals surface area contributed by atoms with E-state index in [9.17, 15) is 8.42 Å². The molecule has 2 aromatic rings. The first-order chi connectivity index (χ1) is 16.4. The Morgan fingerprint density at radius 1 is 1.03 bits per heavy atom. The molecule has 0 N–H and O–H groups in total. The van der Waals surface area contributed by atoms with Crippen LogP contribution in [0.3, 0.4) is 0 Å². The number of aryl methyl sites for hydroxylation is 1. The number of nitrogens with zero attached hydrogens (tertiary/aromatic N) is 4. The lowest BCUT2D eigenvalue weighted by molar-refractivity contribution is -0.00924. The molecule has 2 aromatic heterocycles. The molecular weight excluding hydrogens is 472 g/mol. The maximum atomic E-state index is 12.1. The van der Waals surface area contributed by atoms with Crippen molar-refractivity contribution < 1.29 is 17.9 Å². The van der Waals surface area contributed by atoms with Crippen LogP contribution >= 0.6 is 11.3 Å². The average Bonchev–Trinajstić information content (AvgIpc) is 3.41. The Hall–Kier alpha value is -1.62. The smallest absolute Gasteiger partial charge is 0.316 e. The van der Waals surface area contributed by atoms with Crippen LogP contribution in [0.15, 0.2) is 17.8 Å². The second kappa shape index (κ2) is 10.2. The van der Waals surface area contributed by atoms with E-state index in [-0.39, 0.29) is 24.3 Å². The van der Waals surface area contributed by atoms with Crippen molar-refractivity contribution in [3.05, 3.63) is 34.0 Å². The Labute approximate surface area is 206 Å². The second-order valence-corrected chi connectivity index (χ2v) is 12.7. The zero-order chi connectivity index (χ0) is 23.7. The highest BCUT2D eigenvalue weighted by atomic mass is 32.2. The number of aromatic nitrogens is 3. The van der Waals surface area contributed by atoms with Gasteiger partial charge < -0.3 is 9.47 Å². The number of rotatable bonds is 8. The van der Waals surface area contributed by atoms with Gasteiger partial charge in [-0.2, -0.15) is 4.31 Å². The SMILES string of the molecule is CCc1cnc(OC2CCC(c3nc(COC4C[C@H]5CC[C@@H](C4)N5S(C)(=O)=O)cs3)CC2)nc1. The van der Waals surface area contributed by atoms with Crippen molar-refractivity contribution in [2.45, 2.75) is 102 Å². The Balaban J connectivity index is 1.08. The number of thiazole rings is 1. The van der Waals surface area contributed by atoms with Gasteiger partial charge in [-0.05, 0) is 63.4 Å². The normalized spacial score (nSPS) is 29.9. The van der Waals surface area contributed by atoms with Gasteiger partial charge in [0.15, 0.2) is 0 Å². The van der Waals surface area contributed by atoms with Gasteiger partial charge in [-0.15, -0.1) is 11.3 Å². The number of hydrogen-bond donors (Lipinski definition) is 0. The van der Waals surface area contributed by atoms with E-state index in [0.29, 0.717) is 18.5 Å². The fraction of sp³-hybridized carbons (Fsp3) is 0.708. The van der Waals surface area contributed by atoms with Crippen molar-refractivity contribution in [3.8, 4) is 6.01 Å². The van der Waals surface area contributed by atoms with E-state index >= 15 is 0 Å². The van der Waals surface area contributed by atoms with Gasteiger partial charge in [0.05, 0.1) is 29.7 Å². The number of hydrogen-bond acceptors (Lipinski definition) is 8. The predicted molar refractivity (Wildman–Crippen MR) is 130 cm³/mol. The molecule has 0 amide bonds. The van der Waals surface area contributed by atoms with Gasteiger partial charge in [0, 0.05) is 35.8 Å². The maximum Gasteiger partial charge on any atom is 0.316 e. The topological polar surface area (TPSA) is 94.5 Å². The van der Waals surface area contributed by atoms with Crippen LogP contribution in [-0.2, 0) is 27.8 Å². The molecule has 1 saturated carbocycles. The molecule has 0 radical (unpaired) electrons. The van der Waals surface area contributed by atoms with Crippen molar-refractivity contribution in [3.63, 3.8) is 0 Å². The molecule has 5 rings (SSSR count). The highest BCUT2D eigenvalue weighted by Crippen LogP contribution is 2.39. The number of piperidine rings is 1. The number of ether oxygens (including phenoxy) is 2. The van der Waals surface area contributed by atoms with Crippen molar-refractivity contribution in [1.82, 2.24) is 19.3 Å². The van der Waals surface area contributed by atoms with Crippen LogP contribution in [0.25, 0.3) is 0 Å². The summed E-state index contributed by atoms with van der Waals surface area (Å²) in [7, 11) is -3.13. The average molecular weight is 507 g/mol. The zero-order valence-corrected chi connectivity index (χ0v) is 21.6. The lowest BCUT2D eigenvalue weighted by atomic mass is 9.88. The van der Waals surface area contributed by atoms with Gasteiger partial charge in [0.1, 0.15) is 6.10 Å². The molecule has 2 aliphatic heterocycles. The molecule has 1 unspecified atom stereocenters. The first-order valence-corrected chi connectivity index (χ1v) is 15.1. The molecule has 3 atom stereocenters. The molecule has 2 bridgehead atoms. The lowest BCUT2D eigenvalue weighted by Crippen LogP contribution is -2.48. The largest absolute Gasteiger partial charge is 0.460 e. The highest BCUT2D eigenvalue weighted by Gasteiger charge is 2.45. The summed E-state index contributed by atoms with van der Waals surface area (Å²) in [6, 6.07) is 0.666. The van der Waals surface area contributed by atoms with Crippen LogP contribution in [-0.4, -0.2) is 58.2 Å². The lowest BCUT2D eigenvalue weighted by Gasteiger charge is -2.36. The van der Waals surface area contributed by atoms with E-state index in [0.717, 1.165) is 69.0 Å². The zero-order valence-electron chi connectivity index (χ0n) is 19.9. The van der Waals surface area contributed by atoms with Crippen LogP contribution in [0.2, 0.25) is 0 Å². The van der Waals surface area contributed by atoms with Crippen LogP contribution in [0, 0.1) is 0 Å². The van der Waals surface area contributed by atoms with Gasteiger partial charge in [-0.25, -0.2) is 23.4 Å². The third-order valence-electron chi connectivity index (χ3n) is 7.43. The fourth-order valence-corrected chi connectivity index (χ4v) is 8.15. The number of sulfonamides is 1. The summed E-state index contributed by atoms with van der Waals surface area (Å²) >= 11 is 1.73. The summed E-state index contributed by atoms with van der Waals surface area (Å²) < 4.78 is 38.1. The third kappa shape index (κ3) is 5.45. The Morgan fingerprint density at radius 3 is 2.32 bits per heavy atom. The van der Waals surface area contributed by atoms with Crippen molar-refractivity contribution in [2.24, 2.45) is 0 Å². The second-order valence-electron chi connectivity index (χ2n) is 9.88. The predicted octanol–water partition coefficient (Wildman–Crippen LogP) is 4.07. The summed E-state index contributed by atoms with van der Waals surface area (Å²) in [6.45, 7) is 2.59. The summed E-state index contributed by atoms with van der Waals surface area (Å²) in [5.41, 5.74) is 2.10. The fourth-order valence-electron chi connectivity index (χ4n) is 5.70. The molecule has 1 aliphatic carbocycles. The molecule has 10 heteroatoms. The van der Waals surface area contributed by atoms with Crippen LogP contribution in [0.5, 0.6) is 6.01 Å². The molecule has 186 valence electrons. The van der Waals surface area contributed by atoms with E-state index in [1.54, 1.807) is 15.6 Å². The van der Waals surface area contributed by atoms with Gasteiger partial charge in [0.25, 0.3) is 0 Å². The monoisotopic (exact) mass is 506 g/mol. The molecular formula is C24H34N4O4S2. The molecule has 3 fully saturated rings. The van der Waals surface area contributed by atoms with E-state index in [2.05, 4.69) is 22.3 Å². The summed E-state index contributed by atoms with van der Waals surface area (Å²) in [4.78, 5) is 13.5. The standard InChI is InChI=1S/C24H34N4O4S2/c1-3-16-12-25-24(26-13-16)32-21-8-4-17(5-9-21)23-27-18(15-33-23)14-31-22-10-19-6-7-20(11-22)28(19)34(2,29)30/h12-13,15,17,19-22H,3-11,14H2,1-2H3/t17?,19-,20+,21?,22?. The van der Waals surface area contributed by atoms with Crippen LogP contribution in [0.4, 0.5) is 0 Å². The molecule has 4 heterocycles. The molecule has 2 saturated heterocycles. The minimum Gasteiger partial charge on any atom is -0.460 e. The van der Waals surface area contributed by atoms with Crippen LogP contribution in [0.1, 0.15) is 80.5 Å². The third-order valence-corrected chi connectivity index (χ3v) is 9.85. The van der Waals surface area contributed by atoms with Gasteiger partial charge >= 0.3 is 6.01 Å². The van der Waals surface area contributed by atoms with E-state index in [1.807, 2.05) is 12.4 Å². The molecule has 34 heavy (non-hydrogen) atoms.